The number of anilines is 1. The Morgan fingerprint density at radius 2 is 1.70 bits per heavy atom. The quantitative estimate of drug-likeness (QED) is 0.637. The van der Waals surface area contributed by atoms with Crippen molar-refractivity contribution >= 4 is 23.2 Å². The fourth-order valence-electron chi connectivity index (χ4n) is 1.64. The van der Waals surface area contributed by atoms with Crippen LogP contribution in [0.25, 0.3) is 0 Å². The second-order valence-electron chi connectivity index (χ2n) is 3.90. The van der Waals surface area contributed by atoms with E-state index < -0.39 is 5.91 Å². The van der Waals surface area contributed by atoms with Crippen molar-refractivity contribution in [3.05, 3.63) is 64.0 Å². The summed E-state index contributed by atoms with van der Waals surface area (Å²) in [5.41, 5.74) is 0.686. The van der Waals surface area contributed by atoms with E-state index in [4.69, 9.17) is 16.3 Å². The molecule has 0 aliphatic carbocycles. The number of nitrogens with zero attached hydrogens (tertiary/aromatic N) is 2. The first-order valence-corrected chi connectivity index (χ1v) is 6.11. The molecule has 0 bridgehead atoms. The van der Waals surface area contributed by atoms with Crippen LogP contribution < -0.4 is 9.75 Å². The molecule has 0 aliphatic rings. The second kappa shape index (κ2) is 6.16. The van der Waals surface area contributed by atoms with Gasteiger partial charge in [-0.25, -0.2) is 0 Å². The average molecular weight is 291 g/mol. The predicted molar refractivity (Wildman–Crippen MR) is 77.1 cm³/mol. The Labute approximate surface area is 120 Å². The Kier molecular flexibility index (Phi) is 4.32. The lowest BCUT2D eigenvalue weighted by atomic mass is 10.2. The van der Waals surface area contributed by atoms with Crippen molar-refractivity contribution in [1.82, 2.24) is 0 Å². The zero-order valence-corrected chi connectivity index (χ0v) is 11.4. The summed E-state index contributed by atoms with van der Waals surface area (Å²) in [4.78, 5) is 23.1. The third-order valence-electron chi connectivity index (χ3n) is 2.68. The van der Waals surface area contributed by atoms with Gasteiger partial charge in [-0.1, -0.05) is 11.6 Å². The number of benzene rings is 2. The molecule has 2 aromatic rings. The maximum Gasteiger partial charge on any atom is 0.281 e. The zero-order chi connectivity index (χ0) is 14.5. The van der Waals surface area contributed by atoms with Gasteiger partial charge in [0.15, 0.2) is 0 Å². The minimum absolute atomic E-state index is 0.324. The molecule has 2 rings (SSSR count). The van der Waals surface area contributed by atoms with Crippen LogP contribution in [0.15, 0.2) is 53.8 Å². The number of hydrogen-bond acceptors (Lipinski definition) is 4. The minimum Gasteiger partial charge on any atom is -0.497 e. The van der Waals surface area contributed by atoms with Crippen molar-refractivity contribution in [2.75, 3.05) is 12.1 Å². The van der Waals surface area contributed by atoms with E-state index in [0.717, 1.165) is 5.01 Å². The van der Waals surface area contributed by atoms with Crippen LogP contribution in [-0.2, 0) is 0 Å². The molecule has 0 fully saturated rings. The highest BCUT2D eigenvalue weighted by molar-refractivity contribution is 6.30. The number of rotatable bonds is 4. The van der Waals surface area contributed by atoms with E-state index in [9.17, 15) is 9.70 Å². The molecule has 0 heterocycles. The molecule has 102 valence electrons. The standard InChI is InChI=1S/C14H11ClN2O3/c1-20-13-8-6-12(7-9-13)17(16-19)14(18)10-2-4-11(15)5-3-10/h2-9H,1H3. The summed E-state index contributed by atoms with van der Waals surface area (Å²) >= 11 is 5.76. The molecule has 0 N–H and O–H groups in total. The first-order chi connectivity index (χ1) is 9.65. The molecule has 5 nitrogen and oxygen atoms in total. The van der Waals surface area contributed by atoms with Crippen LogP contribution >= 0.6 is 11.6 Å². The molecule has 0 spiro atoms. The van der Waals surface area contributed by atoms with Gasteiger partial charge in [-0.2, -0.15) is 5.01 Å². The Morgan fingerprint density at radius 3 is 2.20 bits per heavy atom. The zero-order valence-electron chi connectivity index (χ0n) is 10.6. The number of halogens is 1. The van der Waals surface area contributed by atoms with Gasteiger partial charge in [-0.3, -0.25) is 4.79 Å². The maximum absolute atomic E-state index is 12.2. The molecular weight excluding hydrogens is 280 g/mol. The highest BCUT2D eigenvalue weighted by Crippen LogP contribution is 2.22. The van der Waals surface area contributed by atoms with Crippen LogP contribution in [0.2, 0.25) is 5.02 Å². The van der Waals surface area contributed by atoms with Gasteiger partial charge in [0, 0.05) is 10.6 Å². The maximum atomic E-state index is 12.2. The molecule has 2 aromatic carbocycles. The lowest BCUT2D eigenvalue weighted by Crippen LogP contribution is -2.24. The van der Waals surface area contributed by atoms with Gasteiger partial charge in [0.05, 0.1) is 18.1 Å². The van der Waals surface area contributed by atoms with E-state index in [1.165, 1.54) is 19.2 Å². The van der Waals surface area contributed by atoms with Gasteiger partial charge < -0.3 is 4.74 Å². The third kappa shape index (κ3) is 2.95. The van der Waals surface area contributed by atoms with Gasteiger partial charge in [-0.15, -0.1) is 4.91 Å². The highest BCUT2D eigenvalue weighted by atomic mass is 35.5. The topological polar surface area (TPSA) is 59.0 Å². The Morgan fingerprint density at radius 1 is 1.10 bits per heavy atom. The van der Waals surface area contributed by atoms with Crippen LogP contribution in [0, 0.1) is 4.91 Å². The minimum atomic E-state index is -0.526. The number of methoxy groups -OCH3 is 1. The third-order valence-corrected chi connectivity index (χ3v) is 2.93. The summed E-state index contributed by atoms with van der Waals surface area (Å²) < 4.78 is 5.01. The molecule has 0 aromatic heterocycles. The van der Waals surface area contributed by atoms with Crippen molar-refractivity contribution < 1.29 is 9.53 Å². The van der Waals surface area contributed by atoms with E-state index in [1.807, 2.05) is 0 Å². The second-order valence-corrected chi connectivity index (χ2v) is 4.34. The number of hydrogen-bond donors (Lipinski definition) is 0. The Balaban J connectivity index is 2.28. The summed E-state index contributed by atoms with van der Waals surface area (Å²) in [6, 6.07) is 12.7. The molecule has 20 heavy (non-hydrogen) atoms. The van der Waals surface area contributed by atoms with Crippen LogP contribution in [0.1, 0.15) is 10.4 Å². The molecule has 0 atom stereocenters. The van der Waals surface area contributed by atoms with Crippen molar-refractivity contribution in [1.29, 1.82) is 0 Å². The fourth-order valence-corrected chi connectivity index (χ4v) is 1.77. The summed E-state index contributed by atoms with van der Waals surface area (Å²) in [6.45, 7) is 0. The predicted octanol–water partition coefficient (Wildman–Crippen LogP) is 3.68. The first-order valence-electron chi connectivity index (χ1n) is 5.73. The van der Waals surface area contributed by atoms with Crippen molar-refractivity contribution in [3.8, 4) is 5.75 Å². The molecular formula is C14H11ClN2O3. The lowest BCUT2D eigenvalue weighted by molar-refractivity contribution is 0.0987. The van der Waals surface area contributed by atoms with Crippen LogP contribution in [0.4, 0.5) is 5.69 Å². The monoisotopic (exact) mass is 290 g/mol. The molecule has 0 saturated heterocycles. The van der Waals surface area contributed by atoms with E-state index in [0.29, 0.717) is 22.0 Å². The van der Waals surface area contributed by atoms with Crippen LogP contribution in [0.5, 0.6) is 5.75 Å². The van der Waals surface area contributed by atoms with Crippen LogP contribution in [0.3, 0.4) is 0 Å². The molecule has 0 aliphatic heterocycles. The number of nitroso groups, excluding NO2 is 1. The summed E-state index contributed by atoms with van der Waals surface area (Å²) in [6.07, 6.45) is 0. The largest absolute Gasteiger partial charge is 0.497 e. The van der Waals surface area contributed by atoms with Crippen LogP contribution in [-0.4, -0.2) is 13.0 Å². The van der Waals surface area contributed by atoms with E-state index in [2.05, 4.69) is 5.29 Å². The number of carbonyl (C=O) groups is 1. The fraction of sp³-hybridized carbons (Fsp3) is 0.0714. The first kappa shape index (κ1) is 14.0. The van der Waals surface area contributed by atoms with Gasteiger partial charge in [0.2, 0.25) is 0 Å². The van der Waals surface area contributed by atoms with Gasteiger partial charge in [-0.05, 0) is 48.5 Å². The van der Waals surface area contributed by atoms with E-state index in [-0.39, 0.29) is 0 Å². The lowest BCUT2D eigenvalue weighted by Gasteiger charge is -2.13. The number of ether oxygens (including phenoxy) is 1. The molecule has 0 unspecified atom stereocenters. The summed E-state index contributed by atoms with van der Waals surface area (Å²) in [5, 5.41) is 4.06. The van der Waals surface area contributed by atoms with E-state index >= 15 is 0 Å². The SMILES string of the molecule is COc1ccc(N(N=O)C(=O)c2ccc(Cl)cc2)cc1. The normalized spacial score (nSPS) is 9.90. The van der Waals surface area contributed by atoms with Crippen molar-refractivity contribution in [2.45, 2.75) is 0 Å². The summed E-state index contributed by atoms with van der Waals surface area (Å²) in [5.74, 6) is 0.0976. The van der Waals surface area contributed by atoms with Crippen molar-refractivity contribution in [2.24, 2.45) is 5.29 Å². The smallest absolute Gasteiger partial charge is 0.281 e. The van der Waals surface area contributed by atoms with Gasteiger partial charge in [0.25, 0.3) is 5.91 Å². The van der Waals surface area contributed by atoms with Gasteiger partial charge >= 0.3 is 0 Å². The molecule has 0 radical (unpaired) electrons. The molecule has 1 amide bonds. The van der Waals surface area contributed by atoms with Crippen molar-refractivity contribution in [3.63, 3.8) is 0 Å². The highest BCUT2D eigenvalue weighted by Gasteiger charge is 2.18. The van der Waals surface area contributed by atoms with E-state index in [1.54, 1.807) is 36.4 Å². The molecule has 0 saturated carbocycles. The Hall–Kier alpha value is -2.40. The molecule has 6 heteroatoms. The van der Waals surface area contributed by atoms with Gasteiger partial charge in [0.1, 0.15) is 5.75 Å². The Bertz CT molecular complexity index is 611. The average Bonchev–Trinajstić information content (AvgIpc) is 2.49. The summed E-state index contributed by atoms with van der Waals surface area (Å²) in [7, 11) is 1.53. The number of amides is 1. The number of carbonyl (C=O) groups excluding carboxylic acids is 1.